The van der Waals surface area contributed by atoms with E-state index in [0.717, 1.165) is 10.5 Å². The third-order valence-corrected chi connectivity index (χ3v) is 8.35. The minimum Gasteiger partial charge on any atom is -0.504 e. The predicted molar refractivity (Wildman–Crippen MR) is 149 cm³/mol. The maximum Gasteiger partial charge on any atom is 0.338 e. The van der Waals surface area contributed by atoms with Crippen LogP contribution >= 0.6 is 11.6 Å². The Kier molecular flexibility index (Phi) is 6.28. The van der Waals surface area contributed by atoms with Crippen LogP contribution in [-0.2, 0) is 31.1 Å². The van der Waals surface area contributed by atoms with Crippen LogP contribution in [0, 0.1) is 18.8 Å². The van der Waals surface area contributed by atoms with Crippen LogP contribution < -0.4 is 15.5 Å². The lowest BCUT2D eigenvalue weighted by Crippen LogP contribution is -2.53. The minimum atomic E-state index is -1.58. The number of ether oxygens (including phenoxy) is 1. The van der Waals surface area contributed by atoms with Gasteiger partial charge in [0.25, 0.3) is 0 Å². The Hall–Kier alpha value is -4.41. The number of nitrogens with zero attached hydrogens (tertiary/aromatic N) is 1. The van der Waals surface area contributed by atoms with E-state index in [1.54, 1.807) is 25.1 Å². The van der Waals surface area contributed by atoms with Crippen molar-refractivity contribution in [3.8, 4) is 11.5 Å². The van der Waals surface area contributed by atoms with E-state index in [1.807, 2.05) is 6.92 Å². The highest BCUT2D eigenvalue weighted by Crippen LogP contribution is 2.55. The van der Waals surface area contributed by atoms with Crippen LogP contribution in [0.5, 0.6) is 11.5 Å². The van der Waals surface area contributed by atoms with Gasteiger partial charge in [0.05, 0.1) is 40.4 Å². The first-order valence-electron chi connectivity index (χ1n) is 13.1. The molecule has 3 aromatic rings. The number of esters is 1. The molecule has 3 aliphatic heterocycles. The molecular formula is C30H26ClN3O7. The molecule has 10 nitrogen and oxygen atoms in total. The third kappa shape index (κ3) is 3.97. The van der Waals surface area contributed by atoms with Gasteiger partial charge in [-0.3, -0.25) is 19.7 Å². The number of benzene rings is 3. The summed E-state index contributed by atoms with van der Waals surface area (Å²) in [5.74, 6) is -4.74. The van der Waals surface area contributed by atoms with Gasteiger partial charge in [-0.15, -0.1) is 0 Å². The molecule has 210 valence electrons. The number of nitrogens with one attached hydrogen (secondary N) is 2. The second-order valence-corrected chi connectivity index (χ2v) is 10.9. The van der Waals surface area contributed by atoms with Crippen LogP contribution in [0.1, 0.15) is 34.0 Å². The van der Waals surface area contributed by atoms with E-state index in [-0.39, 0.29) is 35.8 Å². The molecule has 2 fully saturated rings. The summed E-state index contributed by atoms with van der Waals surface area (Å²) >= 11 is 6.50. The van der Waals surface area contributed by atoms with Crippen molar-refractivity contribution in [3.63, 3.8) is 0 Å². The second kappa shape index (κ2) is 9.60. The number of halogens is 1. The predicted octanol–water partition coefficient (Wildman–Crippen LogP) is 3.40. The summed E-state index contributed by atoms with van der Waals surface area (Å²) in [6.07, 6.45) is 0.174. The average molecular weight is 576 g/mol. The molecule has 0 aliphatic carbocycles. The zero-order chi connectivity index (χ0) is 29.2. The molecule has 2 saturated heterocycles. The first kappa shape index (κ1) is 26.8. The Morgan fingerprint density at radius 2 is 1.76 bits per heavy atom. The number of hydrogen-bond acceptors (Lipinski definition) is 8. The normalized spacial score (nSPS) is 24.5. The highest BCUT2D eigenvalue weighted by Gasteiger charge is 2.70. The van der Waals surface area contributed by atoms with Gasteiger partial charge in [-0.05, 0) is 73.9 Å². The van der Waals surface area contributed by atoms with E-state index >= 15 is 0 Å². The summed E-state index contributed by atoms with van der Waals surface area (Å²) in [6.45, 7) is 3.72. The maximum atomic E-state index is 14.2. The monoisotopic (exact) mass is 575 g/mol. The lowest BCUT2D eigenvalue weighted by Gasteiger charge is -2.30. The Bertz CT molecular complexity index is 1640. The highest BCUT2D eigenvalue weighted by atomic mass is 35.5. The number of rotatable bonds is 5. The molecule has 0 saturated carbocycles. The minimum absolute atomic E-state index is 0.174. The van der Waals surface area contributed by atoms with E-state index in [2.05, 4.69) is 10.6 Å². The third-order valence-electron chi connectivity index (χ3n) is 8.05. The largest absolute Gasteiger partial charge is 0.504 e. The standard InChI is InChI=1S/C30H26ClN3O7/c1-3-41-28(39)16-5-7-17(8-6-16)34-26(37)23-20(12-15-4-9-21(35)22(36)13-15)33-30(24(23)27(34)38)18-10-14(2)11-19(31)25(18)32-29(30)40/h4-11,13,20,23-24,33,35-36H,3,12H2,1-2H3,(H,32,40)/t20-,23-,24+,30+/m1/s1. The average Bonchev–Trinajstić information content (AvgIpc) is 3.51. The Labute approximate surface area is 239 Å². The summed E-state index contributed by atoms with van der Waals surface area (Å²) in [6, 6.07) is 13.1. The van der Waals surface area contributed by atoms with Crippen molar-refractivity contribution in [2.75, 3.05) is 16.8 Å². The van der Waals surface area contributed by atoms with Crippen molar-refractivity contribution in [3.05, 3.63) is 81.9 Å². The van der Waals surface area contributed by atoms with Crippen LogP contribution in [0.4, 0.5) is 11.4 Å². The number of aryl methyl sites for hydroxylation is 1. The Morgan fingerprint density at radius 3 is 2.44 bits per heavy atom. The fourth-order valence-electron chi connectivity index (χ4n) is 6.33. The van der Waals surface area contributed by atoms with Crippen LogP contribution in [0.15, 0.2) is 54.6 Å². The van der Waals surface area contributed by atoms with Crippen molar-refractivity contribution in [1.82, 2.24) is 5.32 Å². The highest BCUT2D eigenvalue weighted by molar-refractivity contribution is 6.35. The van der Waals surface area contributed by atoms with Gasteiger partial charge in [-0.1, -0.05) is 23.7 Å². The van der Waals surface area contributed by atoms with Crippen molar-refractivity contribution in [2.24, 2.45) is 11.8 Å². The number of fused-ring (bicyclic) bond motifs is 4. The van der Waals surface area contributed by atoms with Gasteiger partial charge in [-0.2, -0.15) is 0 Å². The molecule has 3 aliphatic rings. The Balaban J connectivity index is 1.46. The number of imide groups is 1. The number of aromatic hydroxyl groups is 2. The van der Waals surface area contributed by atoms with Gasteiger partial charge in [-0.25, -0.2) is 9.69 Å². The fourth-order valence-corrected chi connectivity index (χ4v) is 6.66. The van der Waals surface area contributed by atoms with E-state index in [4.69, 9.17) is 16.3 Å². The molecule has 4 atom stereocenters. The van der Waals surface area contributed by atoms with Gasteiger partial charge < -0.3 is 20.3 Å². The van der Waals surface area contributed by atoms with E-state index in [0.29, 0.717) is 21.8 Å². The van der Waals surface area contributed by atoms with E-state index in [1.165, 1.54) is 36.4 Å². The van der Waals surface area contributed by atoms with Gasteiger partial charge in [0.1, 0.15) is 5.54 Å². The van der Waals surface area contributed by atoms with Crippen molar-refractivity contribution in [2.45, 2.75) is 31.8 Å². The number of amides is 3. The van der Waals surface area contributed by atoms with Crippen LogP contribution in [0.2, 0.25) is 5.02 Å². The Morgan fingerprint density at radius 1 is 1.02 bits per heavy atom. The van der Waals surface area contributed by atoms with E-state index in [9.17, 15) is 29.4 Å². The van der Waals surface area contributed by atoms with Crippen molar-refractivity contribution in [1.29, 1.82) is 0 Å². The van der Waals surface area contributed by atoms with Crippen molar-refractivity contribution < 1.29 is 34.1 Å². The molecule has 3 aromatic carbocycles. The molecule has 11 heteroatoms. The summed E-state index contributed by atoms with van der Waals surface area (Å²) in [7, 11) is 0. The van der Waals surface area contributed by atoms with Gasteiger partial charge in [0.2, 0.25) is 17.7 Å². The molecule has 6 rings (SSSR count). The van der Waals surface area contributed by atoms with E-state index < -0.39 is 47.1 Å². The van der Waals surface area contributed by atoms with Crippen molar-refractivity contribution >= 4 is 46.7 Å². The fraction of sp³-hybridized carbons (Fsp3) is 0.267. The maximum absolute atomic E-state index is 14.2. The zero-order valence-electron chi connectivity index (χ0n) is 22.1. The SMILES string of the molecule is CCOC(=O)c1ccc(N2C(=O)[C@H]3[C@@H](C2=O)[C@]2(N[C@@H]3Cc3ccc(O)c(O)c3)C(=O)Nc3c(Cl)cc(C)cc32)cc1. The molecule has 3 amide bonds. The number of anilines is 2. The topological polar surface area (TPSA) is 145 Å². The molecule has 41 heavy (non-hydrogen) atoms. The van der Waals surface area contributed by atoms with Gasteiger partial charge >= 0.3 is 5.97 Å². The van der Waals surface area contributed by atoms with Crippen LogP contribution in [0.3, 0.4) is 0 Å². The van der Waals surface area contributed by atoms with Crippen LogP contribution in [0.25, 0.3) is 0 Å². The number of phenolic OH excluding ortho intramolecular Hbond substituents is 2. The first-order chi connectivity index (χ1) is 19.6. The molecule has 1 spiro atoms. The lowest BCUT2D eigenvalue weighted by atomic mass is 9.76. The summed E-state index contributed by atoms with van der Waals surface area (Å²) in [5, 5.41) is 26.3. The first-order valence-corrected chi connectivity index (χ1v) is 13.5. The number of phenols is 2. The summed E-state index contributed by atoms with van der Waals surface area (Å²) in [4.78, 5) is 55.2. The lowest BCUT2D eigenvalue weighted by molar-refractivity contribution is -0.130. The smallest absolute Gasteiger partial charge is 0.338 e. The number of carbonyl (C=O) groups excluding carboxylic acids is 4. The molecular weight excluding hydrogens is 550 g/mol. The zero-order valence-corrected chi connectivity index (χ0v) is 22.9. The summed E-state index contributed by atoms with van der Waals surface area (Å²) in [5.41, 5.74) is 1.19. The molecule has 0 aromatic heterocycles. The molecule has 3 heterocycles. The second-order valence-electron chi connectivity index (χ2n) is 10.5. The number of hydrogen-bond donors (Lipinski definition) is 4. The van der Waals surface area contributed by atoms with Crippen LogP contribution in [-0.4, -0.2) is 46.6 Å². The molecule has 0 bridgehead atoms. The number of carbonyl (C=O) groups is 4. The van der Waals surface area contributed by atoms with Gasteiger partial charge in [0, 0.05) is 11.6 Å². The summed E-state index contributed by atoms with van der Waals surface area (Å²) < 4.78 is 5.03. The molecule has 0 unspecified atom stereocenters. The molecule has 4 N–H and O–H groups in total. The molecule has 0 radical (unpaired) electrons. The van der Waals surface area contributed by atoms with Gasteiger partial charge in [0.15, 0.2) is 11.5 Å². The quantitative estimate of drug-likeness (QED) is 0.206.